The zero-order chi connectivity index (χ0) is 30.1. The van der Waals surface area contributed by atoms with E-state index in [4.69, 9.17) is 0 Å². The van der Waals surface area contributed by atoms with Crippen LogP contribution in [-0.2, 0) is 9.59 Å². The normalized spacial score (nSPS) is 11.7. The van der Waals surface area contributed by atoms with Crippen molar-refractivity contribution >= 4 is 52.6 Å². The van der Waals surface area contributed by atoms with Gasteiger partial charge in [0.15, 0.2) is 0 Å². The van der Waals surface area contributed by atoms with Crippen LogP contribution in [0.1, 0.15) is 28.4 Å². The van der Waals surface area contributed by atoms with E-state index in [-0.39, 0.29) is 17.3 Å². The summed E-state index contributed by atoms with van der Waals surface area (Å²) in [6, 6.07) is 23.3. The van der Waals surface area contributed by atoms with Gasteiger partial charge in [-0.3, -0.25) is 29.5 Å². The average Bonchev–Trinajstić information content (AvgIpc) is 2.99. The number of aromatic nitrogens is 1. The molecule has 3 amide bonds. The van der Waals surface area contributed by atoms with E-state index in [0.717, 1.165) is 4.90 Å². The topological polar surface area (TPSA) is 143 Å². The van der Waals surface area contributed by atoms with Crippen LogP contribution in [0.2, 0.25) is 0 Å². The van der Waals surface area contributed by atoms with E-state index >= 15 is 0 Å². The monoisotopic (exact) mass is 581 g/mol. The molecule has 0 aliphatic heterocycles. The molecule has 4 aromatic rings. The smallest absolute Gasteiger partial charge is 0.272 e. The van der Waals surface area contributed by atoms with Crippen LogP contribution in [0.4, 0.5) is 17.1 Å². The van der Waals surface area contributed by atoms with Crippen LogP contribution < -0.4 is 16.0 Å². The second-order valence-corrected chi connectivity index (χ2v) is 10.6. The van der Waals surface area contributed by atoms with Crippen molar-refractivity contribution < 1.29 is 19.3 Å². The number of carbonyl (C=O) groups is 3. The Morgan fingerprint density at radius 2 is 1.69 bits per heavy atom. The van der Waals surface area contributed by atoms with Gasteiger partial charge >= 0.3 is 0 Å². The Morgan fingerprint density at radius 1 is 0.952 bits per heavy atom. The molecule has 42 heavy (non-hydrogen) atoms. The van der Waals surface area contributed by atoms with Gasteiger partial charge in [-0.2, -0.15) is 0 Å². The molecule has 0 aliphatic rings. The third kappa shape index (κ3) is 8.12. The number of rotatable bonds is 10. The number of carbonyl (C=O) groups excluding carboxylic acids is 3. The molecule has 0 spiro atoms. The third-order valence-corrected chi connectivity index (χ3v) is 7.12. The number of hydrogen-bond acceptors (Lipinski definition) is 7. The first kappa shape index (κ1) is 29.7. The van der Waals surface area contributed by atoms with Gasteiger partial charge in [-0.25, -0.2) is 0 Å². The molecular weight excluding hydrogens is 554 g/mol. The molecular formula is C31H27N5O5S. The van der Waals surface area contributed by atoms with Crippen molar-refractivity contribution in [1.29, 1.82) is 0 Å². The van der Waals surface area contributed by atoms with Crippen LogP contribution in [0.5, 0.6) is 0 Å². The Kier molecular flexibility index (Phi) is 9.80. The summed E-state index contributed by atoms with van der Waals surface area (Å²) in [6.07, 6.45) is 4.72. The van der Waals surface area contributed by atoms with Crippen molar-refractivity contribution in [2.45, 2.75) is 24.0 Å². The predicted molar refractivity (Wildman–Crippen MR) is 163 cm³/mol. The Hall–Kier alpha value is -5.29. The highest BCUT2D eigenvalue weighted by Gasteiger charge is 2.18. The maximum absolute atomic E-state index is 13.2. The highest BCUT2D eigenvalue weighted by molar-refractivity contribution is 8.00. The summed E-state index contributed by atoms with van der Waals surface area (Å²) >= 11 is 1.30. The fourth-order valence-electron chi connectivity index (χ4n) is 3.74. The SMILES string of the molecule is Cc1ccc([N+](=O)[O-])cc1NC(=O)C(C)Sc1ccc(NC(=O)/C(=C/c2cccnc2)NC(=O)c2ccccc2)cc1. The molecule has 0 radical (unpaired) electrons. The molecule has 3 aromatic carbocycles. The van der Waals surface area contributed by atoms with Gasteiger partial charge in [-0.15, -0.1) is 11.8 Å². The van der Waals surface area contributed by atoms with E-state index in [1.165, 1.54) is 30.0 Å². The molecule has 0 bridgehead atoms. The summed E-state index contributed by atoms with van der Waals surface area (Å²) in [5.74, 6) is -1.26. The van der Waals surface area contributed by atoms with Crippen molar-refractivity contribution in [2.24, 2.45) is 0 Å². The van der Waals surface area contributed by atoms with E-state index < -0.39 is 22.0 Å². The van der Waals surface area contributed by atoms with Gasteiger partial charge in [0.1, 0.15) is 5.70 Å². The van der Waals surface area contributed by atoms with E-state index in [1.54, 1.807) is 99.0 Å². The van der Waals surface area contributed by atoms with Crippen LogP contribution in [-0.4, -0.2) is 32.9 Å². The Labute approximate surface area is 246 Å². The van der Waals surface area contributed by atoms with E-state index in [2.05, 4.69) is 20.9 Å². The summed E-state index contributed by atoms with van der Waals surface area (Å²) in [5, 5.41) is 18.8. The maximum atomic E-state index is 13.2. The number of nitro groups is 1. The number of hydrogen-bond donors (Lipinski definition) is 3. The van der Waals surface area contributed by atoms with Gasteiger partial charge in [0, 0.05) is 40.7 Å². The number of nitro benzene ring substituents is 1. The summed E-state index contributed by atoms with van der Waals surface area (Å²) in [4.78, 5) is 54.1. The van der Waals surface area contributed by atoms with Crippen molar-refractivity contribution in [3.05, 3.63) is 130 Å². The lowest BCUT2D eigenvalue weighted by atomic mass is 10.2. The molecule has 3 N–H and O–H groups in total. The Morgan fingerprint density at radius 3 is 2.36 bits per heavy atom. The van der Waals surface area contributed by atoms with Crippen molar-refractivity contribution in [3.8, 4) is 0 Å². The summed E-state index contributed by atoms with van der Waals surface area (Å²) in [5.41, 5.74) is 2.55. The number of aryl methyl sites for hydroxylation is 1. The minimum Gasteiger partial charge on any atom is -0.325 e. The van der Waals surface area contributed by atoms with Crippen LogP contribution in [0.25, 0.3) is 6.08 Å². The molecule has 1 unspecified atom stereocenters. The van der Waals surface area contributed by atoms with Crippen LogP contribution in [0.3, 0.4) is 0 Å². The van der Waals surface area contributed by atoms with Crippen molar-refractivity contribution in [3.63, 3.8) is 0 Å². The Balaban J connectivity index is 1.41. The van der Waals surface area contributed by atoms with E-state index in [0.29, 0.717) is 28.1 Å². The quantitative estimate of drug-likeness (QED) is 0.0926. The molecule has 1 atom stereocenters. The number of benzene rings is 3. The number of nitrogens with one attached hydrogen (secondary N) is 3. The van der Waals surface area contributed by atoms with Gasteiger partial charge in [-0.05, 0) is 73.5 Å². The number of anilines is 2. The van der Waals surface area contributed by atoms with E-state index in [9.17, 15) is 24.5 Å². The van der Waals surface area contributed by atoms with Crippen LogP contribution >= 0.6 is 11.8 Å². The summed E-state index contributed by atoms with van der Waals surface area (Å²) in [7, 11) is 0. The number of thioether (sulfide) groups is 1. The first-order chi connectivity index (χ1) is 20.2. The first-order valence-corrected chi connectivity index (χ1v) is 13.7. The van der Waals surface area contributed by atoms with Crippen molar-refractivity contribution in [1.82, 2.24) is 10.3 Å². The fraction of sp³-hybridized carbons (Fsp3) is 0.0968. The first-order valence-electron chi connectivity index (χ1n) is 12.8. The van der Waals surface area contributed by atoms with Crippen LogP contribution in [0.15, 0.2) is 108 Å². The average molecular weight is 582 g/mol. The second kappa shape index (κ2) is 13.9. The maximum Gasteiger partial charge on any atom is 0.272 e. The molecule has 1 heterocycles. The molecule has 11 heteroatoms. The largest absolute Gasteiger partial charge is 0.325 e. The van der Waals surface area contributed by atoms with Gasteiger partial charge in [0.05, 0.1) is 15.9 Å². The minimum atomic E-state index is -0.524. The highest BCUT2D eigenvalue weighted by atomic mass is 32.2. The standard InChI is InChI=1S/C31H27N5O5S/c1-20-10-13-25(36(40)41)18-27(20)34-29(37)21(2)42-26-14-11-24(12-15-26)33-31(39)28(17-22-7-6-16-32-19-22)35-30(38)23-8-4-3-5-9-23/h3-19,21H,1-2H3,(H,33,39)(H,34,37)(H,35,38)/b28-17-. The lowest BCUT2D eigenvalue weighted by molar-refractivity contribution is -0.384. The fourth-order valence-corrected chi connectivity index (χ4v) is 4.60. The summed E-state index contributed by atoms with van der Waals surface area (Å²) in [6.45, 7) is 3.49. The number of nitrogens with zero attached hydrogens (tertiary/aromatic N) is 2. The zero-order valence-electron chi connectivity index (χ0n) is 22.7. The molecule has 4 rings (SSSR count). The zero-order valence-corrected chi connectivity index (χ0v) is 23.6. The molecule has 0 fully saturated rings. The van der Waals surface area contributed by atoms with Gasteiger partial charge < -0.3 is 16.0 Å². The molecule has 0 saturated heterocycles. The van der Waals surface area contributed by atoms with E-state index in [1.807, 2.05) is 0 Å². The number of non-ortho nitro benzene ring substituents is 1. The van der Waals surface area contributed by atoms with Gasteiger partial charge in [-0.1, -0.05) is 30.3 Å². The highest BCUT2D eigenvalue weighted by Crippen LogP contribution is 2.27. The molecule has 0 saturated carbocycles. The molecule has 212 valence electrons. The minimum absolute atomic E-state index is 0.0389. The van der Waals surface area contributed by atoms with Gasteiger partial charge in [0.2, 0.25) is 5.91 Å². The lowest BCUT2D eigenvalue weighted by Crippen LogP contribution is -2.30. The van der Waals surface area contributed by atoms with Gasteiger partial charge in [0.25, 0.3) is 17.5 Å². The lowest BCUT2D eigenvalue weighted by Gasteiger charge is -2.14. The number of amides is 3. The molecule has 0 aliphatic carbocycles. The van der Waals surface area contributed by atoms with Crippen LogP contribution in [0, 0.1) is 17.0 Å². The third-order valence-electron chi connectivity index (χ3n) is 6.01. The van der Waals surface area contributed by atoms with Crippen molar-refractivity contribution in [2.75, 3.05) is 10.6 Å². The summed E-state index contributed by atoms with van der Waals surface area (Å²) < 4.78 is 0. The predicted octanol–water partition coefficient (Wildman–Crippen LogP) is 5.83. The molecule has 1 aromatic heterocycles. The second-order valence-electron chi connectivity index (χ2n) is 9.15. The number of pyridine rings is 1. The molecule has 10 nitrogen and oxygen atoms in total. The Bertz CT molecular complexity index is 1630.